The Hall–Kier alpha value is -2.33. The van der Waals surface area contributed by atoms with Gasteiger partial charge in [0.2, 0.25) is 0 Å². The van der Waals surface area contributed by atoms with E-state index in [1.165, 1.54) is 12.1 Å². The van der Waals surface area contributed by atoms with E-state index in [2.05, 4.69) is 10.4 Å². The normalized spacial score (nSPS) is 10.6. The highest BCUT2D eigenvalue weighted by Gasteiger charge is 2.02. The lowest BCUT2D eigenvalue weighted by molar-refractivity contribution is 0.628. The Kier molecular flexibility index (Phi) is 3.88. The molecule has 3 aromatic rings. The summed E-state index contributed by atoms with van der Waals surface area (Å²) in [6.45, 7) is 0.616. The maximum atomic E-state index is 13.0. The molecule has 0 fully saturated rings. The smallest absolute Gasteiger partial charge is 0.124 e. The van der Waals surface area contributed by atoms with Gasteiger partial charge in [-0.1, -0.05) is 23.7 Å². The maximum absolute atomic E-state index is 13.0. The van der Waals surface area contributed by atoms with E-state index in [0.717, 1.165) is 11.3 Å². The van der Waals surface area contributed by atoms with Crippen LogP contribution in [0.2, 0.25) is 5.02 Å². The van der Waals surface area contributed by atoms with Crippen molar-refractivity contribution in [2.24, 2.45) is 0 Å². The summed E-state index contributed by atoms with van der Waals surface area (Å²) in [6.07, 6.45) is 3.64. The van der Waals surface area contributed by atoms with Crippen molar-refractivity contribution in [1.82, 2.24) is 9.78 Å². The van der Waals surface area contributed by atoms with Gasteiger partial charge in [-0.25, -0.2) is 9.07 Å². The molecule has 0 saturated heterocycles. The van der Waals surface area contributed by atoms with Crippen LogP contribution in [-0.4, -0.2) is 9.78 Å². The minimum absolute atomic E-state index is 0.339. The van der Waals surface area contributed by atoms with E-state index < -0.39 is 0 Å². The van der Waals surface area contributed by atoms with Gasteiger partial charge >= 0.3 is 0 Å². The highest BCUT2D eigenvalue weighted by molar-refractivity contribution is 6.33. The van der Waals surface area contributed by atoms with Gasteiger partial charge in [-0.15, -0.1) is 0 Å². The van der Waals surface area contributed by atoms with Crippen LogP contribution in [0.5, 0.6) is 0 Å². The van der Waals surface area contributed by atoms with Gasteiger partial charge in [0.05, 0.1) is 16.4 Å². The number of hydrogen-bond acceptors (Lipinski definition) is 2. The number of halogens is 2. The first kappa shape index (κ1) is 13.6. The molecule has 1 aromatic heterocycles. The molecular formula is C16H13ClFN3. The van der Waals surface area contributed by atoms with Gasteiger partial charge in [-0.3, -0.25) is 0 Å². The molecule has 0 amide bonds. The van der Waals surface area contributed by atoms with E-state index >= 15 is 0 Å². The Morgan fingerprint density at radius 2 is 1.95 bits per heavy atom. The quantitative estimate of drug-likeness (QED) is 0.779. The lowest BCUT2D eigenvalue weighted by Crippen LogP contribution is -2.01. The Morgan fingerprint density at radius 3 is 2.62 bits per heavy atom. The fourth-order valence-electron chi connectivity index (χ4n) is 2.02. The molecule has 0 atom stereocenters. The molecular weight excluding hydrogens is 289 g/mol. The predicted octanol–water partition coefficient (Wildman–Crippen LogP) is 4.28. The second kappa shape index (κ2) is 5.97. The molecule has 1 N–H and O–H groups in total. The fourth-order valence-corrected chi connectivity index (χ4v) is 2.25. The molecule has 1 heterocycles. The second-order valence-corrected chi connectivity index (χ2v) is 5.00. The summed E-state index contributed by atoms with van der Waals surface area (Å²) < 4.78 is 14.8. The van der Waals surface area contributed by atoms with Crippen LogP contribution in [0.15, 0.2) is 60.9 Å². The molecule has 21 heavy (non-hydrogen) atoms. The van der Waals surface area contributed by atoms with E-state index in [1.54, 1.807) is 16.9 Å². The van der Waals surface area contributed by atoms with E-state index in [4.69, 9.17) is 11.6 Å². The molecule has 0 saturated carbocycles. The Morgan fingerprint density at radius 1 is 1.14 bits per heavy atom. The molecule has 0 bridgehead atoms. The first-order valence-electron chi connectivity index (χ1n) is 6.50. The second-order valence-electron chi connectivity index (χ2n) is 4.59. The molecule has 0 aliphatic carbocycles. The van der Waals surface area contributed by atoms with Crippen molar-refractivity contribution in [3.63, 3.8) is 0 Å². The van der Waals surface area contributed by atoms with Gasteiger partial charge in [-0.2, -0.15) is 5.10 Å². The van der Waals surface area contributed by atoms with Crippen molar-refractivity contribution in [2.75, 3.05) is 5.32 Å². The molecule has 0 spiro atoms. The number of rotatable bonds is 4. The highest BCUT2D eigenvalue weighted by atomic mass is 35.5. The van der Waals surface area contributed by atoms with Gasteiger partial charge in [0.15, 0.2) is 0 Å². The SMILES string of the molecule is Fc1ccc(NCc2ccc(-n3cccn3)cc2)c(Cl)c1. The number of nitrogens with zero attached hydrogens (tertiary/aromatic N) is 2. The summed E-state index contributed by atoms with van der Waals surface area (Å²) >= 11 is 5.97. The number of hydrogen-bond donors (Lipinski definition) is 1. The van der Waals surface area contributed by atoms with Crippen molar-refractivity contribution in [1.29, 1.82) is 0 Å². The third kappa shape index (κ3) is 3.23. The van der Waals surface area contributed by atoms with Crippen LogP contribution >= 0.6 is 11.6 Å². The first-order valence-corrected chi connectivity index (χ1v) is 6.88. The van der Waals surface area contributed by atoms with Crippen LogP contribution in [0.1, 0.15) is 5.56 Å². The molecule has 0 unspecified atom stereocenters. The molecule has 0 aliphatic rings. The number of anilines is 1. The van der Waals surface area contributed by atoms with Crippen LogP contribution in [0.4, 0.5) is 10.1 Å². The summed E-state index contributed by atoms with van der Waals surface area (Å²) in [7, 11) is 0. The third-order valence-electron chi connectivity index (χ3n) is 3.12. The molecule has 3 nitrogen and oxygen atoms in total. The van der Waals surface area contributed by atoms with E-state index in [1.807, 2.05) is 36.5 Å². The average Bonchev–Trinajstić information content (AvgIpc) is 3.01. The lowest BCUT2D eigenvalue weighted by atomic mass is 10.2. The monoisotopic (exact) mass is 301 g/mol. The Balaban J connectivity index is 1.68. The molecule has 3 rings (SSSR count). The minimum atomic E-state index is -0.339. The van der Waals surface area contributed by atoms with Crippen molar-refractivity contribution >= 4 is 17.3 Å². The fraction of sp³-hybridized carbons (Fsp3) is 0.0625. The van der Waals surface area contributed by atoms with Crippen LogP contribution in [0.25, 0.3) is 5.69 Å². The minimum Gasteiger partial charge on any atom is -0.380 e. The number of aromatic nitrogens is 2. The summed E-state index contributed by atoms with van der Waals surface area (Å²) in [6, 6.07) is 14.2. The van der Waals surface area contributed by atoms with Crippen molar-refractivity contribution in [2.45, 2.75) is 6.54 Å². The van der Waals surface area contributed by atoms with Crippen molar-refractivity contribution < 1.29 is 4.39 Å². The standard InChI is InChI=1S/C16H13ClFN3/c17-15-10-13(18)4-7-16(15)19-11-12-2-5-14(6-3-12)21-9-1-8-20-21/h1-10,19H,11H2. The van der Waals surface area contributed by atoms with Crippen LogP contribution in [0.3, 0.4) is 0 Å². The zero-order valence-electron chi connectivity index (χ0n) is 11.1. The van der Waals surface area contributed by atoms with Gasteiger partial charge in [0, 0.05) is 18.9 Å². The molecule has 2 aromatic carbocycles. The van der Waals surface area contributed by atoms with Crippen LogP contribution in [0, 0.1) is 5.82 Å². The van der Waals surface area contributed by atoms with Crippen LogP contribution in [-0.2, 0) is 6.54 Å². The summed E-state index contributed by atoms with van der Waals surface area (Å²) in [4.78, 5) is 0. The average molecular weight is 302 g/mol. The molecule has 5 heteroatoms. The zero-order valence-corrected chi connectivity index (χ0v) is 11.9. The Labute approximate surface area is 127 Å². The van der Waals surface area contributed by atoms with E-state index in [0.29, 0.717) is 17.3 Å². The third-order valence-corrected chi connectivity index (χ3v) is 3.43. The van der Waals surface area contributed by atoms with Gasteiger partial charge in [-0.05, 0) is 42.0 Å². The topological polar surface area (TPSA) is 29.9 Å². The Bertz CT molecular complexity index is 724. The summed E-state index contributed by atoms with van der Waals surface area (Å²) in [5, 5.41) is 7.75. The molecule has 106 valence electrons. The maximum Gasteiger partial charge on any atom is 0.124 e. The van der Waals surface area contributed by atoms with Crippen molar-refractivity contribution in [3.05, 3.63) is 77.3 Å². The van der Waals surface area contributed by atoms with Crippen molar-refractivity contribution in [3.8, 4) is 5.69 Å². The molecule has 0 radical (unpaired) electrons. The lowest BCUT2D eigenvalue weighted by Gasteiger charge is -2.09. The summed E-state index contributed by atoms with van der Waals surface area (Å²) in [5.74, 6) is -0.339. The summed E-state index contributed by atoms with van der Waals surface area (Å²) in [5.41, 5.74) is 2.82. The van der Waals surface area contributed by atoms with E-state index in [9.17, 15) is 4.39 Å². The van der Waals surface area contributed by atoms with Gasteiger partial charge in [0.1, 0.15) is 5.82 Å². The predicted molar refractivity (Wildman–Crippen MR) is 82.3 cm³/mol. The number of nitrogens with one attached hydrogen (secondary N) is 1. The highest BCUT2D eigenvalue weighted by Crippen LogP contribution is 2.23. The largest absolute Gasteiger partial charge is 0.380 e. The molecule has 0 aliphatic heterocycles. The zero-order chi connectivity index (χ0) is 14.7. The van der Waals surface area contributed by atoms with Crippen LogP contribution < -0.4 is 5.32 Å². The van der Waals surface area contributed by atoms with E-state index in [-0.39, 0.29) is 5.82 Å². The first-order chi connectivity index (χ1) is 10.2. The number of benzene rings is 2. The van der Waals surface area contributed by atoms with Gasteiger partial charge < -0.3 is 5.32 Å². The van der Waals surface area contributed by atoms with Gasteiger partial charge in [0.25, 0.3) is 0 Å².